The minimum absolute atomic E-state index is 0.0994. The van der Waals surface area contributed by atoms with Gasteiger partial charge in [0.2, 0.25) is 11.7 Å². The lowest BCUT2D eigenvalue weighted by Crippen LogP contribution is -2.39. The number of likely N-dealkylation sites (tertiary alicyclic amines) is 1. The van der Waals surface area contributed by atoms with Crippen molar-refractivity contribution in [3.05, 3.63) is 52.9 Å². The summed E-state index contributed by atoms with van der Waals surface area (Å²) >= 11 is 0. The van der Waals surface area contributed by atoms with E-state index >= 15 is 0 Å². The minimum Gasteiger partial charge on any atom is -0.332 e. The molecular formula is C18H16F6N4O. The Morgan fingerprint density at radius 1 is 1.21 bits per heavy atom. The smallest absolute Gasteiger partial charge is 0.332 e. The first-order valence-electron chi connectivity index (χ1n) is 8.89. The predicted molar refractivity (Wildman–Crippen MR) is 87.9 cm³/mol. The number of rotatable bonds is 4. The Labute approximate surface area is 161 Å². The molecule has 3 atom stereocenters. The van der Waals surface area contributed by atoms with Gasteiger partial charge in [-0.05, 0) is 24.5 Å². The number of amides is 1. The van der Waals surface area contributed by atoms with Gasteiger partial charge in [0.05, 0.1) is 24.0 Å². The molecule has 1 amide bonds. The molecule has 3 heterocycles. The van der Waals surface area contributed by atoms with Crippen molar-refractivity contribution in [3.63, 3.8) is 0 Å². The molecule has 2 N–H and O–H groups in total. The van der Waals surface area contributed by atoms with E-state index in [1.165, 1.54) is 4.90 Å². The Kier molecular flexibility index (Phi) is 4.60. The number of hydrogen-bond acceptors (Lipinski definition) is 3. The second-order valence-corrected chi connectivity index (χ2v) is 7.35. The van der Waals surface area contributed by atoms with E-state index < -0.39 is 53.5 Å². The summed E-state index contributed by atoms with van der Waals surface area (Å²) in [6, 6.07) is -0.792. The molecule has 0 unspecified atom stereocenters. The average Bonchev–Trinajstić information content (AvgIpc) is 3.30. The third kappa shape index (κ3) is 3.37. The fourth-order valence-corrected chi connectivity index (χ4v) is 4.19. The number of carbonyl (C=O) groups excluding carboxylic acids is 1. The summed E-state index contributed by atoms with van der Waals surface area (Å²) in [6.07, 6.45) is -3.48. The largest absolute Gasteiger partial charge is 0.449 e. The molecule has 1 saturated heterocycles. The van der Waals surface area contributed by atoms with Gasteiger partial charge in [-0.3, -0.25) is 4.79 Å². The summed E-state index contributed by atoms with van der Waals surface area (Å²) in [4.78, 5) is 17.5. The SMILES string of the molecule is N[C@@H](CC(=O)N1C[C@@H]2C[C@H]1c1cnc(C(F)(F)F)n12)Cc1cc(F)c(F)cc1F. The van der Waals surface area contributed by atoms with Crippen molar-refractivity contribution in [3.8, 4) is 0 Å². The summed E-state index contributed by atoms with van der Waals surface area (Å²) in [5, 5.41) is 0. The third-order valence-corrected chi connectivity index (χ3v) is 5.39. The van der Waals surface area contributed by atoms with Crippen LogP contribution in [0.15, 0.2) is 18.3 Å². The Morgan fingerprint density at radius 2 is 1.90 bits per heavy atom. The molecule has 1 fully saturated rings. The number of nitrogens with zero attached hydrogens (tertiary/aromatic N) is 3. The standard InChI is InChI=1S/C18H16F6N4O/c19-11-5-13(21)12(20)2-8(11)1-9(25)3-16(29)27-7-10-4-14(27)15-6-26-17(28(10)15)18(22,23)24/h2,5-6,9-10,14H,1,3-4,7,25H2/t9-,10+,14+/m1/s1. The molecule has 1 aromatic heterocycles. The fraction of sp³-hybridized carbons (Fsp3) is 0.444. The molecule has 11 heteroatoms. The van der Waals surface area contributed by atoms with Gasteiger partial charge in [-0.15, -0.1) is 0 Å². The van der Waals surface area contributed by atoms with E-state index in [1.54, 1.807) is 0 Å². The van der Waals surface area contributed by atoms with Crippen LogP contribution >= 0.6 is 0 Å². The Morgan fingerprint density at radius 3 is 2.59 bits per heavy atom. The van der Waals surface area contributed by atoms with Crippen molar-refractivity contribution in [1.82, 2.24) is 14.5 Å². The van der Waals surface area contributed by atoms with Gasteiger partial charge in [-0.1, -0.05) is 0 Å². The lowest BCUT2D eigenvalue weighted by Gasteiger charge is -2.29. The molecule has 0 spiro atoms. The number of aromatic nitrogens is 2. The predicted octanol–water partition coefficient (Wildman–Crippen LogP) is 3.11. The summed E-state index contributed by atoms with van der Waals surface area (Å²) < 4.78 is 80.4. The normalized spacial score (nSPS) is 21.6. The van der Waals surface area contributed by atoms with Crippen LogP contribution in [0.5, 0.6) is 0 Å². The second-order valence-electron chi connectivity index (χ2n) is 7.35. The van der Waals surface area contributed by atoms with Crippen molar-refractivity contribution < 1.29 is 31.1 Å². The molecule has 2 bridgehead atoms. The van der Waals surface area contributed by atoms with Crippen molar-refractivity contribution in [2.75, 3.05) is 6.54 Å². The van der Waals surface area contributed by atoms with Crippen LogP contribution in [-0.4, -0.2) is 32.9 Å². The van der Waals surface area contributed by atoms with E-state index in [0.717, 1.165) is 10.8 Å². The van der Waals surface area contributed by atoms with Crippen molar-refractivity contribution in [2.45, 2.75) is 43.6 Å². The van der Waals surface area contributed by atoms with E-state index in [-0.39, 0.29) is 24.9 Å². The molecule has 1 aromatic carbocycles. The van der Waals surface area contributed by atoms with Gasteiger partial charge in [0.1, 0.15) is 5.82 Å². The number of hydrogen-bond donors (Lipinski definition) is 1. The van der Waals surface area contributed by atoms with Crippen LogP contribution in [0.1, 0.15) is 42.0 Å². The first-order valence-corrected chi connectivity index (χ1v) is 8.89. The van der Waals surface area contributed by atoms with Gasteiger partial charge >= 0.3 is 6.18 Å². The van der Waals surface area contributed by atoms with E-state index in [1.807, 2.05) is 0 Å². The van der Waals surface area contributed by atoms with E-state index in [0.29, 0.717) is 24.2 Å². The van der Waals surface area contributed by atoms with Crippen molar-refractivity contribution in [1.29, 1.82) is 0 Å². The number of fused-ring (bicyclic) bond motifs is 5. The third-order valence-electron chi connectivity index (χ3n) is 5.39. The molecule has 0 saturated carbocycles. The summed E-state index contributed by atoms with van der Waals surface area (Å²) in [5.41, 5.74) is 6.06. The highest BCUT2D eigenvalue weighted by molar-refractivity contribution is 5.78. The van der Waals surface area contributed by atoms with E-state index in [4.69, 9.17) is 5.73 Å². The highest BCUT2D eigenvalue weighted by Crippen LogP contribution is 2.48. The van der Waals surface area contributed by atoms with Gasteiger partial charge in [0, 0.05) is 25.1 Å². The maximum Gasteiger partial charge on any atom is 0.449 e. The molecule has 4 rings (SSSR count). The Bertz CT molecular complexity index is 972. The highest BCUT2D eigenvalue weighted by atomic mass is 19.4. The number of alkyl halides is 3. The topological polar surface area (TPSA) is 64.2 Å². The van der Waals surface area contributed by atoms with Gasteiger partial charge in [0.25, 0.3) is 0 Å². The van der Waals surface area contributed by atoms with E-state index in [9.17, 15) is 31.1 Å². The zero-order chi connectivity index (χ0) is 21.1. The zero-order valence-electron chi connectivity index (χ0n) is 14.9. The summed E-state index contributed by atoms with van der Waals surface area (Å²) in [7, 11) is 0. The molecule has 5 nitrogen and oxygen atoms in total. The first-order chi connectivity index (χ1) is 13.6. The molecule has 2 aromatic rings. The number of nitrogens with two attached hydrogens (primary N) is 1. The molecule has 0 aliphatic carbocycles. The highest BCUT2D eigenvalue weighted by Gasteiger charge is 2.50. The maximum atomic E-state index is 13.8. The molecule has 29 heavy (non-hydrogen) atoms. The van der Waals surface area contributed by atoms with Crippen LogP contribution in [0.3, 0.4) is 0 Å². The van der Waals surface area contributed by atoms with Crippen LogP contribution < -0.4 is 5.73 Å². The number of benzene rings is 1. The van der Waals surface area contributed by atoms with Crippen molar-refractivity contribution >= 4 is 5.91 Å². The molecule has 2 aliphatic heterocycles. The Hall–Kier alpha value is -2.56. The zero-order valence-corrected chi connectivity index (χ0v) is 14.9. The quantitative estimate of drug-likeness (QED) is 0.613. The Balaban J connectivity index is 1.44. The second kappa shape index (κ2) is 6.75. The monoisotopic (exact) mass is 418 g/mol. The molecule has 2 aliphatic rings. The van der Waals surface area contributed by atoms with Crippen LogP contribution in [0, 0.1) is 17.5 Å². The number of imidazole rings is 1. The minimum atomic E-state index is -4.57. The lowest BCUT2D eigenvalue weighted by atomic mass is 10.0. The summed E-state index contributed by atoms with van der Waals surface area (Å²) in [6.45, 7) is 0.0994. The van der Waals surface area contributed by atoms with Gasteiger partial charge in [-0.25, -0.2) is 18.2 Å². The summed E-state index contributed by atoms with van der Waals surface area (Å²) in [5.74, 6) is -4.87. The van der Waals surface area contributed by atoms with Crippen LogP contribution in [0.2, 0.25) is 0 Å². The van der Waals surface area contributed by atoms with Gasteiger partial charge in [0.15, 0.2) is 11.6 Å². The van der Waals surface area contributed by atoms with Gasteiger partial charge < -0.3 is 15.2 Å². The first kappa shape index (κ1) is 19.7. The number of halogens is 6. The van der Waals surface area contributed by atoms with Crippen molar-refractivity contribution in [2.24, 2.45) is 5.73 Å². The fourth-order valence-electron chi connectivity index (χ4n) is 4.19. The van der Waals surface area contributed by atoms with Crippen LogP contribution in [0.4, 0.5) is 26.3 Å². The lowest BCUT2D eigenvalue weighted by molar-refractivity contribution is -0.148. The maximum absolute atomic E-state index is 13.8. The van der Waals surface area contributed by atoms with Crippen LogP contribution in [0.25, 0.3) is 0 Å². The molecule has 0 radical (unpaired) electrons. The molecule has 156 valence electrons. The van der Waals surface area contributed by atoms with E-state index in [2.05, 4.69) is 4.98 Å². The molecular weight excluding hydrogens is 402 g/mol. The van der Waals surface area contributed by atoms with Gasteiger partial charge in [-0.2, -0.15) is 13.2 Å². The average molecular weight is 418 g/mol. The number of carbonyl (C=O) groups is 1. The van der Waals surface area contributed by atoms with Crippen LogP contribution in [-0.2, 0) is 17.4 Å².